The Hall–Kier alpha value is -2.38. The molecular formula is C30H38O2Zr. The topological polar surface area (TPSA) is 40.5 Å². The third-order valence-corrected chi connectivity index (χ3v) is 4.54. The van der Waals surface area contributed by atoms with Crippen LogP contribution in [0.25, 0.3) is 0 Å². The molecule has 0 heterocycles. The van der Waals surface area contributed by atoms with Crippen LogP contribution in [0.4, 0.5) is 0 Å². The third kappa shape index (κ3) is 14.4. The Labute approximate surface area is 219 Å². The van der Waals surface area contributed by atoms with Crippen LogP contribution < -0.4 is 0 Å². The van der Waals surface area contributed by atoms with E-state index in [2.05, 4.69) is 41.5 Å². The van der Waals surface area contributed by atoms with Gasteiger partial charge in [0.2, 0.25) is 0 Å². The molecule has 2 nitrogen and oxygen atoms in total. The van der Waals surface area contributed by atoms with Gasteiger partial charge >= 0.3 is 26.2 Å². The number of aromatic hydroxyl groups is 2. The molecule has 0 unspecified atom stereocenters. The second-order valence-corrected chi connectivity index (χ2v) is 9.53. The molecule has 0 spiro atoms. The number of hydrogen-bond donors (Lipinski definition) is 2. The molecule has 0 aliphatic rings. The van der Waals surface area contributed by atoms with E-state index in [0.717, 1.165) is 11.1 Å². The summed E-state index contributed by atoms with van der Waals surface area (Å²) in [5, 5.41) is 18.4. The van der Waals surface area contributed by atoms with Gasteiger partial charge in [0.1, 0.15) is 11.5 Å². The molecular weight excluding hydrogens is 484 g/mol. The van der Waals surface area contributed by atoms with E-state index in [4.69, 9.17) is 0 Å². The van der Waals surface area contributed by atoms with Crippen molar-refractivity contribution < 1.29 is 36.4 Å². The summed E-state index contributed by atoms with van der Waals surface area (Å²) in [7, 11) is 0. The number of hydrogen-bond acceptors (Lipinski definition) is 2. The number of phenolic OH excluding ortho intramolecular Hbond substituents is 2. The number of phenols is 2. The van der Waals surface area contributed by atoms with Crippen molar-refractivity contribution in [3.05, 3.63) is 120 Å². The van der Waals surface area contributed by atoms with Gasteiger partial charge in [0.15, 0.2) is 0 Å². The first-order valence-corrected chi connectivity index (χ1v) is 10.9. The second kappa shape index (κ2) is 15.5. The number of rotatable bonds is 0. The Bertz CT molecular complexity index is 841. The van der Waals surface area contributed by atoms with Gasteiger partial charge in [0, 0.05) is 0 Å². The average molecular weight is 522 g/mol. The summed E-state index contributed by atoms with van der Waals surface area (Å²) in [5.41, 5.74) is 2.58. The first kappa shape index (κ1) is 30.6. The molecule has 0 bridgehead atoms. The molecule has 0 fully saturated rings. The van der Waals surface area contributed by atoms with Gasteiger partial charge in [0.05, 0.1) is 0 Å². The summed E-state index contributed by atoms with van der Waals surface area (Å²) < 4.78 is 0. The van der Waals surface area contributed by atoms with Crippen LogP contribution in [0, 0.1) is 0 Å². The molecule has 33 heavy (non-hydrogen) atoms. The predicted molar refractivity (Wildman–Crippen MR) is 138 cm³/mol. The molecule has 0 saturated carbocycles. The molecule has 0 radical (unpaired) electrons. The molecule has 0 saturated heterocycles. The minimum absolute atomic E-state index is 0. The van der Waals surface area contributed by atoms with E-state index >= 15 is 0 Å². The summed E-state index contributed by atoms with van der Waals surface area (Å²) in [6.45, 7) is 12.8. The molecule has 4 aromatic rings. The van der Waals surface area contributed by atoms with Crippen molar-refractivity contribution in [3.8, 4) is 11.5 Å². The molecule has 0 aliphatic heterocycles. The van der Waals surface area contributed by atoms with E-state index < -0.39 is 0 Å². The summed E-state index contributed by atoms with van der Waals surface area (Å²) in [6, 6.07) is 34.8. The molecule has 174 valence electrons. The SMILES string of the molecule is CC(C)(C)c1cccc(O)c1.CC(C)(C)c1cccc(O)c1.[Zr+2].c1cc[cH-]c1.c1cc[cH-]c1. The molecule has 4 rings (SSSR count). The first-order valence-electron chi connectivity index (χ1n) is 10.9. The van der Waals surface area contributed by atoms with Crippen LogP contribution in [0.2, 0.25) is 0 Å². The van der Waals surface area contributed by atoms with Crippen molar-refractivity contribution >= 4 is 0 Å². The van der Waals surface area contributed by atoms with Gasteiger partial charge < -0.3 is 10.2 Å². The van der Waals surface area contributed by atoms with E-state index in [1.165, 1.54) is 0 Å². The molecule has 0 amide bonds. The quantitative estimate of drug-likeness (QED) is 0.229. The van der Waals surface area contributed by atoms with Crippen LogP contribution in [0.15, 0.2) is 109 Å². The van der Waals surface area contributed by atoms with Gasteiger partial charge in [0.25, 0.3) is 0 Å². The standard InChI is InChI=1S/2C10H14O.2C5H5.Zr/c2*1-10(2,3)8-5-4-6-9(11)7-8;2*1-2-4-5-3-1;/h2*4-7,11H,1-3H3;2*1-5H;/q;;2*-1;+2. The predicted octanol–water partition coefficient (Wildman–Crippen LogP) is 8.19. The van der Waals surface area contributed by atoms with E-state index in [0.29, 0.717) is 11.5 Å². The fraction of sp³-hybridized carbons (Fsp3) is 0.267. The smallest absolute Gasteiger partial charge is 0.508 e. The Morgan fingerprint density at radius 2 is 0.818 bits per heavy atom. The maximum absolute atomic E-state index is 9.18. The second-order valence-electron chi connectivity index (χ2n) is 9.53. The van der Waals surface area contributed by atoms with Crippen molar-refractivity contribution in [1.29, 1.82) is 0 Å². The van der Waals surface area contributed by atoms with Crippen molar-refractivity contribution in [2.45, 2.75) is 52.4 Å². The van der Waals surface area contributed by atoms with Crippen molar-refractivity contribution in [2.24, 2.45) is 0 Å². The summed E-state index contributed by atoms with van der Waals surface area (Å²) in [5.74, 6) is 0.690. The van der Waals surface area contributed by atoms with Crippen molar-refractivity contribution in [3.63, 3.8) is 0 Å². The van der Waals surface area contributed by atoms with Gasteiger partial charge in [-0.3, -0.25) is 0 Å². The van der Waals surface area contributed by atoms with E-state index in [1.807, 2.05) is 84.9 Å². The van der Waals surface area contributed by atoms with Crippen LogP contribution in [0.1, 0.15) is 52.7 Å². The van der Waals surface area contributed by atoms with Gasteiger partial charge in [-0.1, -0.05) is 65.8 Å². The zero-order chi connectivity index (χ0) is 24.0. The largest absolute Gasteiger partial charge is 2.00 e. The Morgan fingerprint density at radius 1 is 0.515 bits per heavy atom. The zero-order valence-corrected chi connectivity index (χ0v) is 23.2. The fourth-order valence-corrected chi connectivity index (χ4v) is 2.59. The summed E-state index contributed by atoms with van der Waals surface area (Å²) >= 11 is 0. The molecule has 2 N–H and O–H groups in total. The van der Waals surface area contributed by atoms with Crippen LogP contribution in [-0.2, 0) is 37.0 Å². The Morgan fingerprint density at radius 3 is 0.970 bits per heavy atom. The van der Waals surface area contributed by atoms with E-state index in [1.54, 1.807) is 24.3 Å². The number of benzene rings is 2. The van der Waals surface area contributed by atoms with Gasteiger partial charge in [-0.25, -0.2) is 24.3 Å². The van der Waals surface area contributed by atoms with Crippen molar-refractivity contribution in [2.75, 3.05) is 0 Å². The van der Waals surface area contributed by atoms with Gasteiger partial charge in [-0.05, 0) is 46.2 Å². The van der Waals surface area contributed by atoms with Crippen LogP contribution >= 0.6 is 0 Å². The fourth-order valence-electron chi connectivity index (χ4n) is 2.59. The third-order valence-electron chi connectivity index (χ3n) is 4.54. The monoisotopic (exact) mass is 520 g/mol. The minimum Gasteiger partial charge on any atom is -0.508 e. The van der Waals surface area contributed by atoms with Crippen LogP contribution in [0.3, 0.4) is 0 Å². The Balaban J connectivity index is 0.000000434. The normalized spacial score (nSPS) is 10.1. The molecule has 0 atom stereocenters. The van der Waals surface area contributed by atoms with Crippen LogP contribution in [-0.4, -0.2) is 10.2 Å². The summed E-state index contributed by atoms with van der Waals surface area (Å²) in [4.78, 5) is 0. The van der Waals surface area contributed by atoms with Crippen LogP contribution in [0.5, 0.6) is 11.5 Å². The maximum Gasteiger partial charge on any atom is 2.00 e. The van der Waals surface area contributed by atoms with E-state index in [-0.39, 0.29) is 37.0 Å². The van der Waals surface area contributed by atoms with E-state index in [9.17, 15) is 10.2 Å². The molecule has 0 aromatic heterocycles. The van der Waals surface area contributed by atoms with Gasteiger partial charge in [-0.2, -0.15) is 36.4 Å². The minimum atomic E-state index is 0. The Kier molecular flexibility index (Phi) is 14.3. The summed E-state index contributed by atoms with van der Waals surface area (Å²) in [6.07, 6.45) is 0. The molecule has 3 heteroatoms. The molecule has 4 aromatic carbocycles. The maximum atomic E-state index is 9.18. The molecule has 0 aliphatic carbocycles. The average Bonchev–Trinajstić information content (AvgIpc) is 3.46. The van der Waals surface area contributed by atoms with Gasteiger partial charge in [-0.15, -0.1) is 0 Å². The zero-order valence-electron chi connectivity index (χ0n) is 20.8. The van der Waals surface area contributed by atoms with Crippen molar-refractivity contribution in [1.82, 2.24) is 0 Å². The first-order chi connectivity index (χ1) is 15.0.